The van der Waals surface area contributed by atoms with Crippen LogP contribution in [0.15, 0.2) is 27.8 Å². The van der Waals surface area contributed by atoms with Crippen molar-refractivity contribution < 1.29 is 9.52 Å². The maximum absolute atomic E-state index is 9.80. The highest BCUT2D eigenvalue weighted by Crippen LogP contribution is 2.12. The van der Waals surface area contributed by atoms with Crippen LogP contribution in [0.1, 0.15) is 32.1 Å². The molecular formula is C12H21N3O2. The minimum absolute atomic E-state index is 0.284. The van der Waals surface area contributed by atoms with Gasteiger partial charge in [-0.3, -0.25) is 4.99 Å². The zero-order valence-electron chi connectivity index (χ0n) is 10.4. The highest BCUT2D eigenvalue weighted by Gasteiger charge is 2.09. The van der Waals surface area contributed by atoms with Crippen LogP contribution < -0.4 is 10.6 Å². The Labute approximate surface area is 102 Å². The number of furan rings is 1. The number of aliphatic imine (C=N–C) groups is 1. The van der Waals surface area contributed by atoms with Crippen LogP contribution in [0.4, 0.5) is 0 Å². The van der Waals surface area contributed by atoms with Crippen molar-refractivity contribution in [3.8, 4) is 0 Å². The molecule has 3 N–H and O–H groups in total. The SMILES string of the molecule is CCCNC(=NCC(O)c1ccco1)NCC. The number of nitrogens with zero attached hydrogens (tertiary/aromatic N) is 1. The van der Waals surface area contributed by atoms with E-state index in [9.17, 15) is 5.11 Å². The van der Waals surface area contributed by atoms with E-state index in [1.165, 1.54) is 0 Å². The Morgan fingerprint density at radius 2 is 2.29 bits per heavy atom. The summed E-state index contributed by atoms with van der Waals surface area (Å²) < 4.78 is 5.11. The molecule has 0 spiro atoms. The van der Waals surface area contributed by atoms with Crippen LogP contribution in [0.25, 0.3) is 0 Å². The summed E-state index contributed by atoms with van der Waals surface area (Å²) in [6.45, 7) is 6.04. The molecule has 96 valence electrons. The first-order valence-electron chi connectivity index (χ1n) is 6.01. The Morgan fingerprint density at radius 3 is 2.88 bits per heavy atom. The Kier molecular flexibility index (Phi) is 6.17. The molecule has 17 heavy (non-hydrogen) atoms. The fourth-order valence-electron chi connectivity index (χ4n) is 1.33. The van der Waals surface area contributed by atoms with Crippen molar-refractivity contribution in [3.05, 3.63) is 24.2 Å². The second-order valence-corrected chi connectivity index (χ2v) is 3.68. The van der Waals surface area contributed by atoms with Crippen molar-refractivity contribution in [2.45, 2.75) is 26.4 Å². The third-order valence-electron chi connectivity index (χ3n) is 2.18. The zero-order chi connectivity index (χ0) is 12.5. The van der Waals surface area contributed by atoms with Crippen LogP contribution in [-0.4, -0.2) is 30.7 Å². The molecule has 0 amide bonds. The lowest BCUT2D eigenvalue weighted by atomic mass is 10.3. The Hall–Kier alpha value is -1.49. The normalized spacial score (nSPS) is 13.5. The van der Waals surface area contributed by atoms with Gasteiger partial charge in [-0.1, -0.05) is 6.92 Å². The van der Waals surface area contributed by atoms with E-state index >= 15 is 0 Å². The predicted octanol–water partition coefficient (Wildman–Crippen LogP) is 1.28. The quantitative estimate of drug-likeness (QED) is 0.516. The van der Waals surface area contributed by atoms with Gasteiger partial charge in [0.2, 0.25) is 0 Å². The number of rotatable bonds is 6. The lowest BCUT2D eigenvalue weighted by Crippen LogP contribution is -2.37. The van der Waals surface area contributed by atoms with Crippen LogP contribution in [0, 0.1) is 0 Å². The first-order chi connectivity index (χ1) is 8.27. The Bertz CT molecular complexity index is 323. The zero-order valence-corrected chi connectivity index (χ0v) is 10.4. The molecule has 1 aromatic rings. The summed E-state index contributed by atoms with van der Waals surface area (Å²) in [6, 6.07) is 3.50. The molecule has 1 atom stereocenters. The average molecular weight is 239 g/mol. The fraction of sp³-hybridized carbons (Fsp3) is 0.583. The number of hydrogen-bond acceptors (Lipinski definition) is 3. The number of nitrogens with one attached hydrogen (secondary N) is 2. The van der Waals surface area contributed by atoms with Gasteiger partial charge in [-0.2, -0.15) is 0 Å². The number of hydrogen-bond donors (Lipinski definition) is 3. The maximum atomic E-state index is 9.80. The average Bonchev–Trinajstić information content (AvgIpc) is 2.86. The highest BCUT2D eigenvalue weighted by molar-refractivity contribution is 5.79. The van der Waals surface area contributed by atoms with Crippen LogP contribution in [0.5, 0.6) is 0 Å². The van der Waals surface area contributed by atoms with Crippen molar-refractivity contribution in [2.24, 2.45) is 4.99 Å². The van der Waals surface area contributed by atoms with Gasteiger partial charge in [0.05, 0.1) is 12.8 Å². The van der Waals surface area contributed by atoms with Crippen molar-refractivity contribution in [2.75, 3.05) is 19.6 Å². The summed E-state index contributed by atoms with van der Waals surface area (Å²) in [5, 5.41) is 16.1. The van der Waals surface area contributed by atoms with E-state index in [0.717, 1.165) is 25.5 Å². The van der Waals surface area contributed by atoms with Gasteiger partial charge in [-0.15, -0.1) is 0 Å². The minimum Gasteiger partial charge on any atom is -0.467 e. The van der Waals surface area contributed by atoms with Crippen LogP contribution in [0.2, 0.25) is 0 Å². The van der Waals surface area contributed by atoms with Gasteiger partial charge in [0.15, 0.2) is 5.96 Å². The second kappa shape index (κ2) is 7.73. The molecule has 0 saturated carbocycles. The molecule has 1 aromatic heterocycles. The van der Waals surface area contributed by atoms with Gasteiger partial charge in [-0.05, 0) is 25.5 Å². The monoisotopic (exact) mass is 239 g/mol. The van der Waals surface area contributed by atoms with E-state index in [1.54, 1.807) is 18.4 Å². The van der Waals surface area contributed by atoms with E-state index in [2.05, 4.69) is 22.5 Å². The summed E-state index contributed by atoms with van der Waals surface area (Å²) >= 11 is 0. The molecule has 0 aliphatic heterocycles. The minimum atomic E-state index is -0.693. The summed E-state index contributed by atoms with van der Waals surface area (Å²) in [4.78, 5) is 4.29. The van der Waals surface area contributed by atoms with Gasteiger partial charge in [0.25, 0.3) is 0 Å². The first-order valence-corrected chi connectivity index (χ1v) is 6.01. The van der Waals surface area contributed by atoms with Crippen molar-refractivity contribution in [3.63, 3.8) is 0 Å². The Balaban J connectivity index is 2.47. The van der Waals surface area contributed by atoms with Crippen molar-refractivity contribution >= 4 is 5.96 Å². The molecule has 0 fully saturated rings. The topological polar surface area (TPSA) is 69.8 Å². The third kappa shape index (κ3) is 4.91. The number of guanidine groups is 1. The standard InChI is InChI=1S/C12H21N3O2/c1-3-7-14-12(13-4-2)15-9-10(16)11-6-5-8-17-11/h5-6,8,10,16H,3-4,7,9H2,1-2H3,(H2,13,14,15). The lowest BCUT2D eigenvalue weighted by Gasteiger charge is -2.11. The second-order valence-electron chi connectivity index (χ2n) is 3.68. The molecule has 0 aliphatic carbocycles. The van der Waals surface area contributed by atoms with Crippen LogP contribution >= 0.6 is 0 Å². The van der Waals surface area contributed by atoms with Gasteiger partial charge in [-0.25, -0.2) is 0 Å². The smallest absolute Gasteiger partial charge is 0.191 e. The predicted molar refractivity (Wildman–Crippen MR) is 67.9 cm³/mol. The van der Waals surface area contributed by atoms with Gasteiger partial charge < -0.3 is 20.2 Å². The molecule has 1 heterocycles. The lowest BCUT2D eigenvalue weighted by molar-refractivity contribution is 0.158. The summed E-state index contributed by atoms with van der Waals surface area (Å²) in [5.74, 6) is 1.26. The molecule has 0 aliphatic rings. The van der Waals surface area contributed by atoms with Gasteiger partial charge in [0, 0.05) is 13.1 Å². The van der Waals surface area contributed by atoms with Crippen molar-refractivity contribution in [1.82, 2.24) is 10.6 Å². The molecule has 1 unspecified atom stereocenters. The number of aliphatic hydroxyl groups excluding tert-OH is 1. The summed E-state index contributed by atoms with van der Waals surface area (Å²) in [6.07, 6.45) is 1.88. The molecule has 0 bridgehead atoms. The summed E-state index contributed by atoms with van der Waals surface area (Å²) in [7, 11) is 0. The molecule has 0 saturated heterocycles. The maximum Gasteiger partial charge on any atom is 0.191 e. The van der Waals surface area contributed by atoms with Crippen LogP contribution in [-0.2, 0) is 0 Å². The van der Waals surface area contributed by atoms with Gasteiger partial charge >= 0.3 is 0 Å². The van der Waals surface area contributed by atoms with Gasteiger partial charge in [0.1, 0.15) is 11.9 Å². The largest absolute Gasteiger partial charge is 0.467 e. The molecule has 0 aromatic carbocycles. The fourth-order valence-corrected chi connectivity index (χ4v) is 1.33. The van der Waals surface area contributed by atoms with Crippen LogP contribution in [0.3, 0.4) is 0 Å². The van der Waals surface area contributed by atoms with Crippen molar-refractivity contribution in [1.29, 1.82) is 0 Å². The molecular weight excluding hydrogens is 218 g/mol. The van der Waals surface area contributed by atoms with E-state index in [0.29, 0.717) is 5.76 Å². The summed E-state index contributed by atoms with van der Waals surface area (Å²) in [5.41, 5.74) is 0. The Morgan fingerprint density at radius 1 is 1.47 bits per heavy atom. The number of aliphatic hydroxyl groups is 1. The molecule has 1 rings (SSSR count). The molecule has 5 nitrogen and oxygen atoms in total. The molecule has 5 heteroatoms. The van der Waals surface area contributed by atoms with E-state index in [4.69, 9.17) is 4.42 Å². The van der Waals surface area contributed by atoms with E-state index < -0.39 is 6.10 Å². The van der Waals surface area contributed by atoms with E-state index in [1.807, 2.05) is 6.92 Å². The highest BCUT2D eigenvalue weighted by atomic mass is 16.4. The third-order valence-corrected chi connectivity index (χ3v) is 2.18. The van der Waals surface area contributed by atoms with E-state index in [-0.39, 0.29) is 6.54 Å². The first kappa shape index (κ1) is 13.6. The molecule has 0 radical (unpaired) electrons.